The first-order valence-electron chi connectivity index (χ1n) is 4.97. The van der Waals surface area contributed by atoms with Gasteiger partial charge in [-0.05, 0) is 44.4 Å². The van der Waals surface area contributed by atoms with Crippen LogP contribution in [0.25, 0.3) is 0 Å². The fourth-order valence-electron chi connectivity index (χ4n) is 2.38. The Bertz CT molecular complexity index is 374. The third-order valence-electron chi connectivity index (χ3n) is 3.52. The van der Waals surface area contributed by atoms with Gasteiger partial charge in [-0.3, -0.25) is 0 Å². The van der Waals surface area contributed by atoms with Gasteiger partial charge in [0.2, 0.25) is 0 Å². The summed E-state index contributed by atoms with van der Waals surface area (Å²) in [6, 6.07) is 0.335. The van der Waals surface area contributed by atoms with Gasteiger partial charge in [-0.25, -0.2) is 0 Å². The first-order valence-corrected chi connectivity index (χ1v) is 4.97. The van der Waals surface area contributed by atoms with Gasteiger partial charge < -0.3 is 11.2 Å². The van der Waals surface area contributed by atoms with Crippen LogP contribution in [0.4, 0.5) is 0 Å². The fraction of sp³-hybridized carbons (Fsp3) is 0.545. The van der Waals surface area contributed by atoms with Crippen LogP contribution in [0, 0.1) is 5.92 Å². The van der Waals surface area contributed by atoms with Gasteiger partial charge in [0.1, 0.15) is 0 Å². The van der Waals surface area contributed by atoms with Crippen molar-refractivity contribution in [2.45, 2.75) is 33.7 Å². The van der Waals surface area contributed by atoms with Gasteiger partial charge in [-0.2, -0.15) is 5.10 Å². The molecule has 1 aliphatic heterocycles. The minimum Gasteiger partial charge on any atom is -0.399 e. The molecule has 2 unspecified atom stereocenters. The lowest BCUT2D eigenvalue weighted by molar-refractivity contribution is 0.560. The summed E-state index contributed by atoms with van der Waals surface area (Å²) >= 11 is 0. The van der Waals surface area contributed by atoms with Crippen LogP contribution in [0.15, 0.2) is 27.5 Å². The number of nitrogens with one attached hydrogen (secondary N) is 1. The van der Waals surface area contributed by atoms with Crippen molar-refractivity contribution in [2.24, 2.45) is 16.8 Å². The van der Waals surface area contributed by atoms with Crippen LogP contribution < -0.4 is 11.2 Å². The molecule has 1 aliphatic carbocycles. The highest BCUT2D eigenvalue weighted by atomic mass is 15.3. The highest BCUT2D eigenvalue weighted by molar-refractivity contribution is 5.90. The summed E-state index contributed by atoms with van der Waals surface area (Å²) in [5, 5.41) is 4.29. The van der Waals surface area contributed by atoms with Crippen LogP contribution in [-0.4, -0.2) is 11.8 Å². The lowest BCUT2D eigenvalue weighted by Crippen LogP contribution is -2.36. The van der Waals surface area contributed by atoms with Crippen molar-refractivity contribution in [3.63, 3.8) is 0 Å². The Kier molecular flexibility index (Phi) is 1.91. The highest BCUT2D eigenvalue weighted by Crippen LogP contribution is 2.35. The summed E-state index contributed by atoms with van der Waals surface area (Å²) < 4.78 is 0. The Morgan fingerprint density at radius 2 is 1.79 bits per heavy atom. The number of hydrogen-bond donors (Lipinski definition) is 2. The predicted octanol–water partition coefficient (Wildman–Crippen LogP) is 1.53. The summed E-state index contributed by atoms with van der Waals surface area (Å²) in [4.78, 5) is 0. The average Bonchev–Trinajstić information content (AvgIpc) is 2.54. The smallest absolute Gasteiger partial charge is 0.0772 e. The van der Waals surface area contributed by atoms with E-state index in [4.69, 9.17) is 5.73 Å². The SMILES string of the molecule is CC1=NNC2C(C)=C(C)C(N)=C(C)C12. The summed E-state index contributed by atoms with van der Waals surface area (Å²) in [7, 11) is 0. The topological polar surface area (TPSA) is 50.4 Å². The van der Waals surface area contributed by atoms with Crippen molar-refractivity contribution < 1.29 is 0 Å². The molecular formula is C11H17N3. The van der Waals surface area contributed by atoms with Crippen molar-refractivity contribution >= 4 is 5.71 Å². The Hall–Kier alpha value is -1.25. The molecule has 3 N–H and O–H groups in total. The van der Waals surface area contributed by atoms with Crippen molar-refractivity contribution in [3.05, 3.63) is 22.4 Å². The molecule has 0 saturated carbocycles. The van der Waals surface area contributed by atoms with Crippen LogP contribution >= 0.6 is 0 Å². The van der Waals surface area contributed by atoms with Crippen molar-refractivity contribution in [1.82, 2.24) is 5.43 Å². The Morgan fingerprint density at radius 1 is 1.14 bits per heavy atom. The van der Waals surface area contributed by atoms with E-state index in [9.17, 15) is 0 Å². The van der Waals surface area contributed by atoms with Gasteiger partial charge in [0.25, 0.3) is 0 Å². The number of hydrazone groups is 1. The van der Waals surface area contributed by atoms with Crippen molar-refractivity contribution in [1.29, 1.82) is 0 Å². The molecule has 0 aromatic carbocycles. The molecule has 1 heterocycles. The number of nitrogens with two attached hydrogens (primary N) is 1. The Balaban J connectivity index is 2.52. The van der Waals surface area contributed by atoms with Crippen molar-refractivity contribution in [3.8, 4) is 0 Å². The van der Waals surface area contributed by atoms with Gasteiger partial charge in [0, 0.05) is 17.3 Å². The maximum atomic E-state index is 6.07. The molecular weight excluding hydrogens is 174 g/mol. The maximum absolute atomic E-state index is 6.07. The second-order valence-corrected chi connectivity index (χ2v) is 4.24. The van der Waals surface area contributed by atoms with Crippen LogP contribution in [0.2, 0.25) is 0 Å². The molecule has 0 bridgehead atoms. The molecule has 0 fully saturated rings. The van der Waals surface area contributed by atoms with E-state index >= 15 is 0 Å². The molecule has 0 radical (unpaired) electrons. The first kappa shape index (κ1) is 9.31. The number of hydrogen-bond acceptors (Lipinski definition) is 3. The van der Waals surface area contributed by atoms with Crippen molar-refractivity contribution in [2.75, 3.05) is 0 Å². The molecule has 76 valence electrons. The first-order chi connectivity index (χ1) is 6.54. The van der Waals surface area contributed by atoms with E-state index in [0.717, 1.165) is 11.4 Å². The Labute approximate surface area is 84.8 Å². The van der Waals surface area contributed by atoms with Gasteiger partial charge in [0.05, 0.1) is 6.04 Å². The summed E-state index contributed by atoms with van der Waals surface area (Å²) in [5.41, 5.74) is 15.1. The molecule has 0 aromatic heterocycles. The largest absolute Gasteiger partial charge is 0.399 e. The Morgan fingerprint density at radius 3 is 2.43 bits per heavy atom. The van der Waals surface area contributed by atoms with Crippen LogP contribution in [0.5, 0.6) is 0 Å². The monoisotopic (exact) mass is 191 g/mol. The molecule has 0 amide bonds. The third kappa shape index (κ3) is 1.01. The summed E-state index contributed by atoms with van der Waals surface area (Å²) in [6.45, 7) is 8.38. The number of nitrogens with zero attached hydrogens (tertiary/aromatic N) is 1. The predicted molar refractivity (Wildman–Crippen MR) is 58.8 cm³/mol. The molecule has 2 rings (SSSR count). The normalized spacial score (nSPS) is 31.6. The van der Waals surface area contributed by atoms with Crippen LogP contribution in [0.1, 0.15) is 27.7 Å². The zero-order chi connectivity index (χ0) is 10.5. The zero-order valence-electron chi connectivity index (χ0n) is 9.18. The average molecular weight is 191 g/mol. The molecule has 14 heavy (non-hydrogen) atoms. The quantitative estimate of drug-likeness (QED) is 0.610. The minimum atomic E-state index is 0.335. The van der Waals surface area contributed by atoms with Crippen LogP contribution in [0.3, 0.4) is 0 Å². The van der Waals surface area contributed by atoms with Gasteiger partial charge in [0.15, 0.2) is 0 Å². The molecule has 2 atom stereocenters. The van der Waals surface area contributed by atoms with E-state index in [0.29, 0.717) is 12.0 Å². The lowest BCUT2D eigenvalue weighted by Gasteiger charge is -2.29. The van der Waals surface area contributed by atoms with Crippen LogP contribution in [-0.2, 0) is 0 Å². The second kappa shape index (κ2) is 2.87. The highest BCUT2D eigenvalue weighted by Gasteiger charge is 2.36. The van der Waals surface area contributed by atoms with E-state index in [2.05, 4.69) is 38.2 Å². The lowest BCUT2D eigenvalue weighted by atomic mass is 9.78. The zero-order valence-corrected chi connectivity index (χ0v) is 9.18. The number of allylic oxidation sites excluding steroid dienone is 1. The minimum absolute atomic E-state index is 0.335. The standard InChI is InChI=1S/C11H17N3/c1-5-6(2)11-9(7(3)10(5)12)8(4)13-14-11/h9,11,14H,12H2,1-4H3. The molecule has 0 aromatic rings. The number of fused-ring (bicyclic) bond motifs is 1. The summed E-state index contributed by atoms with van der Waals surface area (Å²) in [6.07, 6.45) is 0. The molecule has 0 spiro atoms. The van der Waals surface area contributed by atoms with E-state index < -0.39 is 0 Å². The van der Waals surface area contributed by atoms with Gasteiger partial charge >= 0.3 is 0 Å². The van der Waals surface area contributed by atoms with E-state index in [-0.39, 0.29) is 0 Å². The number of rotatable bonds is 0. The van der Waals surface area contributed by atoms with Gasteiger partial charge in [-0.1, -0.05) is 0 Å². The molecule has 3 nitrogen and oxygen atoms in total. The second-order valence-electron chi connectivity index (χ2n) is 4.24. The molecule has 3 heteroatoms. The van der Waals surface area contributed by atoms with Gasteiger partial charge in [-0.15, -0.1) is 0 Å². The van der Waals surface area contributed by atoms with E-state index in [1.807, 2.05) is 0 Å². The third-order valence-corrected chi connectivity index (χ3v) is 3.52. The maximum Gasteiger partial charge on any atom is 0.0772 e. The molecule has 0 saturated heterocycles. The molecule has 2 aliphatic rings. The fourth-order valence-corrected chi connectivity index (χ4v) is 2.38. The van der Waals surface area contributed by atoms with E-state index in [1.165, 1.54) is 16.7 Å². The van der Waals surface area contributed by atoms with E-state index in [1.54, 1.807) is 0 Å². The summed E-state index contributed by atoms with van der Waals surface area (Å²) in [5.74, 6) is 0.374.